The average Bonchev–Trinajstić information content (AvgIpc) is 3.14. The van der Waals surface area contributed by atoms with Gasteiger partial charge in [0, 0.05) is 11.7 Å². The van der Waals surface area contributed by atoms with Crippen LogP contribution in [0.25, 0.3) is 0 Å². The number of nitrogens with zero attached hydrogens (tertiary/aromatic N) is 1. The molecule has 1 fully saturated rings. The minimum atomic E-state index is -3.15. The van der Waals surface area contributed by atoms with Crippen LogP contribution in [0.5, 0.6) is 5.75 Å². The van der Waals surface area contributed by atoms with Crippen LogP contribution in [0.3, 0.4) is 0 Å². The van der Waals surface area contributed by atoms with E-state index in [9.17, 15) is 8.42 Å². The van der Waals surface area contributed by atoms with Crippen LogP contribution in [-0.2, 0) is 9.84 Å². The lowest BCUT2D eigenvalue weighted by molar-refractivity contribution is 0.414. The molecule has 1 aromatic rings. The number of sulfone groups is 1. The van der Waals surface area contributed by atoms with Gasteiger partial charge < -0.3 is 4.74 Å². The van der Waals surface area contributed by atoms with Crippen LogP contribution in [0.15, 0.2) is 24.3 Å². The van der Waals surface area contributed by atoms with Crippen molar-refractivity contribution in [3.05, 3.63) is 29.8 Å². The molecule has 0 aromatic heterocycles. The molecule has 1 aliphatic rings. The summed E-state index contributed by atoms with van der Waals surface area (Å²) in [6.45, 7) is 1.62. The first-order valence-corrected chi connectivity index (χ1v) is 7.51. The lowest BCUT2D eigenvalue weighted by Gasteiger charge is -2.02. The molecule has 0 heterocycles. The predicted octanol–water partition coefficient (Wildman–Crippen LogP) is 1.74. The van der Waals surface area contributed by atoms with Gasteiger partial charge in [0.15, 0.2) is 9.84 Å². The summed E-state index contributed by atoms with van der Waals surface area (Å²) in [5, 5.41) is 8.49. The summed E-state index contributed by atoms with van der Waals surface area (Å²) in [7, 11) is -1.58. The maximum Gasteiger partial charge on any atom is 0.154 e. The smallest absolute Gasteiger partial charge is 0.154 e. The molecule has 1 aliphatic carbocycles. The number of methoxy groups -OCH3 is 1. The van der Waals surface area contributed by atoms with Gasteiger partial charge in [-0.25, -0.2) is 8.42 Å². The second-order valence-electron chi connectivity index (χ2n) is 4.37. The zero-order valence-electron chi connectivity index (χ0n) is 10.3. The van der Waals surface area contributed by atoms with Gasteiger partial charge in [-0.2, -0.15) is 5.26 Å². The van der Waals surface area contributed by atoms with Gasteiger partial charge >= 0.3 is 0 Å². The molecule has 0 N–H and O–H groups in total. The van der Waals surface area contributed by atoms with Crippen LogP contribution in [-0.4, -0.2) is 26.5 Å². The van der Waals surface area contributed by atoms with Crippen molar-refractivity contribution in [2.24, 2.45) is 5.92 Å². The fourth-order valence-electron chi connectivity index (χ4n) is 2.30. The number of hydrogen-bond donors (Lipinski definition) is 0. The number of ether oxygens (including phenoxy) is 1. The maximum absolute atomic E-state index is 11.9. The summed E-state index contributed by atoms with van der Waals surface area (Å²) in [5.41, 5.74) is 0.893. The summed E-state index contributed by atoms with van der Waals surface area (Å²) >= 11 is 0. The van der Waals surface area contributed by atoms with E-state index in [-0.39, 0.29) is 11.7 Å². The molecule has 0 unspecified atom stereocenters. The zero-order chi connectivity index (χ0) is 13.3. The Kier molecular flexibility index (Phi) is 3.31. The fourth-order valence-corrected chi connectivity index (χ4v) is 4.04. The van der Waals surface area contributed by atoms with Gasteiger partial charge in [-0.1, -0.05) is 19.1 Å². The quantitative estimate of drug-likeness (QED) is 0.831. The molecule has 96 valence electrons. The molecule has 18 heavy (non-hydrogen) atoms. The second kappa shape index (κ2) is 4.62. The Labute approximate surface area is 107 Å². The van der Waals surface area contributed by atoms with Crippen molar-refractivity contribution in [3.63, 3.8) is 0 Å². The summed E-state index contributed by atoms with van der Waals surface area (Å²) in [6, 6.07) is 9.34. The lowest BCUT2D eigenvalue weighted by atomic mass is 10.1. The molecule has 0 spiro atoms. The number of hydrogen-bond acceptors (Lipinski definition) is 4. The number of nitriles is 1. The predicted molar refractivity (Wildman–Crippen MR) is 68.1 cm³/mol. The fraction of sp³-hybridized carbons (Fsp3) is 0.462. The van der Waals surface area contributed by atoms with E-state index in [0.29, 0.717) is 0 Å². The molecule has 0 saturated heterocycles. The molecular formula is C13H15NO3S. The van der Waals surface area contributed by atoms with Crippen LogP contribution < -0.4 is 4.74 Å². The molecule has 5 heteroatoms. The third-order valence-corrected chi connectivity index (χ3v) is 5.64. The first kappa shape index (κ1) is 12.9. The van der Waals surface area contributed by atoms with Crippen molar-refractivity contribution in [1.82, 2.24) is 0 Å². The van der Waals surface area contributed by atoms with E-state index >= 15 is 0 Å². The molecule has 0 radical (unpaired) electrons. The minimum absolute atomic E-state index is 0.0858. The van der Waals surface area contributed by atoms with Gasteiger partial charge in [-0.15, -0.1) is 0 Å². The summed E-state index contributed by atoms with van der Waals surface area (Å²) in [4.78, 5) is 0. The monoisotopic (exact) mass is 265 g/mol. The molecule has 1 aromatic carbocycles. The van der Waals surface area contributed by atoms with E-state index in [2.05, 4.69) is 6.07 Å². The highest BCUT2D eigenvalue weighted by Crippen LogP contribution is 2.52. The van der Waals surface area contributed by atoms with E-state index in [4.69, 9.17) is 10.00 Å². The summed E-state index contributed by atoms with van der Waals surface area (Å²) < 4.78 is 28.8. The van der Waals surface area contributed by atoms with Gasteiger partial charge in [-0.3, -0.25) is 0 Å². The van der Waals surface area contributed by atoms with Gasteiger partial charge in [-0.05, 0) is 17.7 Å². The van der Waals surface area contributed by atoms with E-state index in [1.54, 1.807) is 26.2 Å². The van der Waals surface area contributed by atoms with Crippen molar-refractivity contribution in [3.8, 4) is 11.8 Å². The Morgan fingerprint density at radius 1 is 1.33 bits per heavy atom. The normalized spacial score (nSPS) is 26.4. The SMILES string of the molecule is CCS(=O)(=O)[C@@H]1[C@@H](C#N)[C@H]1c1ccc(OC)cc1. The van der Waals surface area contributed by atoms with Crippen LogP contribution in [0.1, 0.15) is 18.4 Å². The molecule has 2 rings (SSSR count). The third kappa shape index (κ3) is 2.08. The molecular weight excluding hydrogens is 250 g/mol. The Balaban J connectivity index is 2.27. The minimum Gasteiger partial charge on any atom is -0.497 e. The van der Waals surface area contributed by atoms with Crippen molar-refractivity contribution in [2.45, 2.75) is 18.1 Å². The van der Waals surface area contributed by atoms with E-state index < -0.39 is 21.0 Å². The molecule has 1 saturated carbocycles. The third-order valence-electron chi connectivity index (χ3n) is 3.42. The zero-order valence-corrected chi connectivity index (χ0v) is 11.1. The Bertz CT molecular complexity index is 571. The number of rotatable bonds is 4. The molecule has 0 aliphatic heterocycles. The summed E-state index contributed by atoms with van der Waals surface area (Å²) in [5.74, 6) is 0.208. The van der Waals surface area contributed by atoms with E-state index in [1.807, 2.05) is 12.1 Å². The van der Waals surface area contributed by atoms with Crippen molar-refractivity contribution in [2.75, 3.05) is 12.9 Å². The van der Waals surface area contributed by atoms with Gasteiger partial charge in [0.2, 0.25) is 0 Å². The summed E-state index contributed by atoms with van der Waals surface area (Å²) in [6.07, 6.45) is 0. The Morgan fingerprint density at radius 3 is 2.39 bits per heavy atom. The molecule has 4 nitrogen and oxygen atoms in total. The molecule has 3 atom stereocenters. The van der Waals surface area contributed by atoms with Crippen molar-refractivity contribution >= 4 is 9.84 Å². The van der Waals surface area contributed by atoms with Gasteiger partial charge in [0.25, 0.3) is 0 Å². The highest BCUT2D eigenvalue weighted by molar-refractivity contribution is 7.92. The first-order chi connectivity index (χ1) is 8.55. The van der Waals surface area contributed by atoms with Crippen LogP contribution in [0.4, 0.5) is 0 Å². The van der Waals surface area contributed by atoms with Crippen molar-refractivity contribution < 1.29 is 13.2 Å². The average molecular weight is 265 g/mol. The molecule has 0 bridgehead atoms. The van der Waals surface area contributed by atoms with Crippen LogP contribution >= 0.6 is 0 Å². The highest BCUT2D eigenvalue weighted by atomic mass is 32.2. The van der Waals surface area contributed by atoms with Crippen molar-refractivity contribution in [1.29, 1.82) is 5.26 Å². The Morgan fingerprint density at radius 2 is 1.94 bits per heavy atom. The molecule has 0 amide bonds. The van der Waals surface area contributed by atoms with E-state index in [0.717, 1.165) is 11.3 Å². The maximum atomic E-state index is 11.9. The second-order valence-corrected chi connectivity index (χ2v) is 6.82. The lowest BCUT2D eigenvalue weighted by Crippen LogP contribution is -2.12. The topological polar surface area (TPSA) is 67.2 Å². The first-order valence-electron chi connectivity index (χ1n) is 5.80. The van der Waals surface area contributed by atoms with Gasteiger partial charge in [0.1, 0.15) is 5.75 Å². The standard InChI is InChI=1S/C13H15NO3S/c1-3-18(15,16)13-11(8-14)12(13)9-4-6-10(17-2)7-5-9/h4-7,11-13H,3H2,1-2H3/t11-,12+,13+/m0/s1. The largest absolute Gasteiger partial charge is 0.497 e. The van der Waals surface area contributed by atoms with Crippen LogP contribution in [0, 0.1) is 17.2 Å². The van der Waals surface area contributed by atoms with Crippen LogP contribution in [0.2, 0.25) is 0 Å². The Hall–Kier alpha value is -1.54. The van der Waals surface area contributed by atoms with Gasteiger partial charge in [0.05, 0.1) is 24.3 Å². The van der Waals surface area contributed by atoms with E-state index in [1.165, 1.54) is 0 Å². The highest BCUT2D eigenvalue weighted by Gasteiger charge is 2.58. The number of benzene rings is 1.